The van der Waals surface area contributed by atoms with Gasteiger partial charge in [-0.25, -0.2) is 0 Å². The number of amides is 1. The SMILES string of the molecule is Cc1cccc2[nH]cc(CCNC(=O)CSCC(=O)O)c12. The second-order valence-electron chi connectivity index (χ2n) is 4.80. The summed E-state index contributed by atoms with van der Waals surface area (Å²) >= 11 is 1.10. The number of hydrogen-bond acceptors (Lipinski definition) is 3. The van der Waals surface area contributed by atoms with E-state index in [0.29, 0.717) is 6.54 Å². The maximum atomic E-state index is 11.6. The molecular formula is C15H18N2O3S. The summed E-state index contributed by atoms with van der Waals surface area (Å²) in [5.41, 5.74) is 3.50. The normalized spacial score (nSPS) is 10.7. The topological polar surface area (TPSA) is 82.2 Å². The molecule has 0 aliphatic rings. The number of aromatic nitrogens is 1. The highest BCUT2D eigenvalue weighted by Crippen LogP contribution is 2.22. The number of benzene rings is 1. The van der Waals surface area contributed by atoms with E-state index in [0.717, 1.165) is 23.7 Å². The van der Waals surface area contributed by atoms with Crippen LogP contribution in [0.25, 0.3) is 10.9 Å². The first kappa shape index (κ1) is 15.4. The van der Waals surface area contributed by atoms with E-state index in [-0.39, 0.29) is 17.4 Å². The smallest absolute Gasteiger partial charge is 0.313 e. The monoisotopic (exact) mass is 306 g/mol. The molecule has 0 atom stereocenters. The second kappa shape index (κ2) is 7.17. The Hall–Kier alpha value is -1.95. The standard InChI is InChI=1S/C15H18N2O3S/c1-10-3-2-4-12-15(10)11(7-17-12)5-6-16-13(18)8-21-9-14(19)20/h2-4,7,17H,5-6,8-9H2,1H3,(H,16,18)(H,19,20). The number of carbonyl (C=O) groups excluding carboxylic acids is 1. The van der Waals surface area contributed by atoms with Crippen molar-refractivity contribution in [1.29, 1.82) is 0 Å². The lowest BCUT2D eigenvalue weighted by atomic mass is 10.1. The Balaban J connectivity index is 1.83. The van der Waals surface area contributed by atoms with Gasteiger partial charge in [-0.2, -0.15) is 0 Å². The minimum absolute atomic E-state index is 0.0466. The molecule has 1 amide bonds. The number of aromatic amines is 1. The number of rotatable bonds is 7. The maximum absolute atomic E-state index is 11.6. The molecule has 0 radical (unpaired) electrons. The third kappa shape index (κ3) is 4.26. The fourth-order valence-corrected chi connectivity index (χ4v) is 2.83. The van der Waals surface area contributed by atoms with E-state index in [4.69, 9.17) is 5.11 Å². The third-order valence-electron chi connectivity index (χ3n) is 3.17. The zero-order valence-corrected chi connectivity index (χ0v) is 12.6. The van der Waals surface area contributed by atoms with Crippen molar-refractivity contribution < 1.29 is 14.7 Å². The van der Waals surface area contributed by atoms with Crippen molar-refractivity contribution in [1.82, 2.24) is 10.3 Å². The molecule has 112 valence electrons. The first-order valence-corrected chi connectivity index (χ1v) is 7.85. The molecular weight excluding hydrogens is 288 g/mol. The van der Waals surface area contributed by atoms with E-state index in [9.17, 15) is 9.59 Å². The molecule has 0 aliphatic carbocycles. The van der Waals surface area contributed by atoms with Crippen LogP contribution in [0.5, 0.6) is 0 Å². The summed E-state index contributed by atoms with van der Waals surface area (Å²) in [6.07, 6.45) is 2.73. The number of fused-ring (bicyclic) bond motifs is 1. The Morgan fingerprint density at radius 2 is 2.14 bits per heavy atom. The van der Waals surface area contributed by atoms with Gasteiger partial charge in [-0.15, -0.1) is 11.8 Å². The lowest BCUT2D eigenvalue weighted by molar-refractivity contribution is -0.133. The second-order valence-corrected chi connectivity index (χ2v) is 5.78. The van der Waals surface area contributed by atoms with Crippen molar-refractivity contribution in [2.24, 2.45) is 0 Å². The van der Waals surface area contributed by atoms with E-state index < -0.39 is 5.97 Å². The highest BCUT2D eigenvalue weighted by molar-refractivity contribution is 8.00. The molecule has 0 fully saturated rings. The molecule has 2 rings (SSSR count). The molecule has 5 nitrogen and oxygen atoms in total. The number of aliphatic carboxylic acids is 1. The van der Waals surface area contributed by atoms with Crippen molar-refractivity contribution >= 4 is 34.5 Å². The highest BCUT2D eigenvalue weighted by Gasteiger charge is 2.07. The molecule has 3 N–H and O–H groups in total. The number of thioether (sulfide) groups is 1. The van der Waals surface area contributed by atoms with Gasteiger partial charge in [-0.05, 0) is 30.5 Å². The van der Waals surface area contributed by atoms with Crippen LogP contribution in [0.1, 0.15) is 11.1 Å². The number of H-pyrrole nitrogens is 1. The Morgan fingerprint density at radius 1 is 1.33 bits per heavy atom. The molecule has 0 aliphatic heterocycles. The van der Waals surface area contributed by atoms with Crippen LogP contribution >= 0.6 is 11.8 Å². The quantitative estimate of drug-likeness (QED) is 0.730. The number of carbonyl (C=O) groups is 2. The molecule has 1 aromatic heterocycles. The van der Waals surface area contributed by atoms with Gasteiger partial charge in [-0.1, -0.05) is 12.1 Å². The van der Waals surface area contributed by atoms with Crippen LogP contribution in [-0.2, 0) is 16.0 Å². The van der Waals surface area contributed by atoms with Crippen LogP contribution in [0, 0.1) is 6.92 Å². The van der Waals surface area contributed by atoms with Gasteiger partial charge < -0.3 is 15.4 Å². The average molecular weight is 306 g/mol. The van der Waals surface area contributed by atoms with Gasteiger partial charge in [0.05, 0.1) is 11.5 Å². The average Bonchev–Trinajstić information content (AvgIpc) is 2.83. The van der Waals surface area contributed by atoms with Crippen LogP contribution < -0.4 is 5.32 Å². The van der Waals surface area contributed by atoms with Gasteiger partial charge in [0.1, 0.15) is 0 Å². The van der Waals surface area contributed by atoms with Crippen LogP contribution in [0.2, 0.25) is 0 Å². The summed E-state index contributed by atoms with van der Waals surface area (Å²) < 4.78 is 0. The number of nitrogens with one attached hydrogen (secondary N) is 2. The molecule has 21 heavy (non-hydrogen) atoms. The third-order valence-corrected chi connectivity index (χ3v) is 4.09. The molecule has 0 saturated carbocycles. The molecule has 1 heterocycles. The molecule has 0 spiro atoms. The maximum Gasteiger partial charge on any atom is 0.313 e. The minimum Gasteiger partial charge on any atom is -0.481 e. The van der Waals surface area contributed by atoms with Crippen LogP contribution in [0.15, 0.2) is 24.4 Å². The van der Waals surface area contributed by atoms with E-state index in [1.165, 1.54) is 16.5 Å². The lowest BCUT2D eigenvalue weighted by Crippen LogP contribution is -2.27. The minimum atomic E-state index is -0.901. The zero-order valence-electron chi connectivity index (χ0n) is 11.8. The summed E-state index contributed by atoms with van der Waals surface area (Å²) in [5.74, 6) is -0.895. The van der Waals surface area contributed by atoms with Crippen LogP contribution in [-0.4, -0.2) is 40.0 Å². The van der Waals surface area contributed by atoms with Crippen molar-refractivity contribution in [2.45, 2.75) is 13.3 Å². The molecule has 2 aromatic rings. The summed E-state index contributed by atoms with van der Waals surface area (Å²) in [6, 6.07) is 6.12. The molecule has 1 aromatic carbocycles. The van der Waals surface area contributed by atoms with Crippen LogP contribution in [0.3, 0.4) is 0 Å². The van der Waals surface area contributed by atoms with Crippen molar-refractivity contribution in [2.75, 3.05) is 18.1 Å². The number of aryl methyl sites for hydroxylation is 1. The molecule has 6 heteroatoms. The van der Waals surface area contributed by atoms with Gasteiger partial charge in [0, 0.05) is 23.6 Å². The Kier molecular flexibility index (Phi) is 5.27. The summed E-state index contributed by atoms with van der Waals surface area (Å²) in [6.45, 7) is 2.62. The van der Waals surface area contributed by atoms with Gasteiger partial charge in [-0.3, -0.25) is 9.59 Å². The molecule has 0 saturated heterocycles. The number of hydrogen-bond donors (Lipinski definition) is 3. The fraction of sp³-hybridized carbons (Fsp3) is 0.333. The predicted octanol–water partition coefficient (Wildman–Crippen LogP) is 1.95. The van der Waals surface area contributed by atoms with Crippen LogP contribution in [0.4, 0.5) is 0 Å². The van der Waals surface area contributed by atoms with Crippen molar-refractivity contribution in [3.8, 4) is 0 Å². The predicted molar refractivity (Wildman–Crippen MR) is 84.7 cm³/mol. The molecule has 0 unspecified atom stereocenters. The largest absolute Gasteiger partial charge is 0.481 e. The summed E-state index contributed by atoms with van der Waals surface area (Å²) in [5, 5.41) is 12.5. The highest BCUT2D eigenvalue weighted by atomic mass is 32.2. The van der Waals surface area contributed by atoms with Gasteiger partial charge >= 0.3 is 5.97 Å². The van der Waals surface area contributed by atoms with Crippen molar-refractivity contribution in [3.63, 3.8) is 0 Å². The molecule has 0 bridgehead atoms. The first-order valence-electron chi connectivity index (χ1n) is 6.69. The van der Waals surface area contributed by atoms with Gasteiger partial charge in [0.2, 0.25) is 5.91 Å². The fourth-order valence-electron chi connectivity index (χ4n) is 2.27. The number of carboxylic acids is 1. The van der Waals surface area contributed by atoms with E-state index in [1.807, 2.05) is 18.3 Å². The Morgan fingerprint density at radius 3 is 2.90 bits per heavy atom. The number of carboxylic acid groups (broad SMARTS) is 1. The zero-order chi connectivity index (χ0) is 15.2. The Bertz CT molecular complexity index is 651. The Labute approximate surface area is 127 Å². The van der Waals surface area contributed by atoms with E-state index in [2.05, 4.69) is 23.3 Å². The summed E-state index contributed by atoms with van der Waals surface area (Å²) in [7, 11) is 0. The summed E-state index contributed by atoms with van der Waals surface area (Å²) in [4.78, 5) is 25.1. The van der Waals surface area contributed by atoms with Crippen molar-refractivity contribution in [3.05, 3.63) is 35.5 Å². The van der Waals surface area contributed by atoms with Gasteiger partial charge in [0.25, 0.3) is 0 Å². The van der Waals surface area contributed by atoms with E-state index in [1.54, 1.807) is 0 Å². The van der Waals surface area contributed by atoms with E-state index >= 15 is 0 Å². The first-order chi connectivity index (χ1) is 10.1. The van der Waals surface area contributed by atoms with Gasteiger partial charge in [0.15, 0.2) is 0 Å². The lowest BCUT2D eigenvalue weighted by Gasteiger charge is -2.05.